The fraction of sp³-hybridized carbons (Fsp3) is 0.222. The molecule has 0 saturated heterocycles. The smallest absolute Gasteiger partial charge is 0.362 e. The number of alkyl halides is 2. The van der Waals surface area contributed by atoms with Crippen LogP contribution >= 0.6 is 0 Å². The Labute approximate surface area is 91.1 Å². The zero-order valence-electron chi connectivity index (χ0n) is 8.26. The van der Waals surface area contributed by atoms with Crippen LogP contribution in [-0.2, 0) is 9.84 Å². The van der Waals surface area contributed by atoms with Crippen molar-refractivity contribution in [3.05, 3.63) is 35.4 Å². The first kappa shape index (κ1) is 12.5. The lowest BCUT2D eigenvalue weighted by Crippen LogP contribution is -2.30. The molecule has 0 aliphatic heterocycles. The standard InChI is InChI=1S/C9H8F2N2O2S/c1-7-2-4-8(5-3-7)16(14,15)9(10,11)6-13-12/h2-6H,1H3. The van der Waals surface area contributed by atoms with Gasteiger partial charge in [-0.15, -0.1) is 0 Å². The molecule has 0 amide bonds. The third-order valence-corrected chi connectivity index (χ3v) is 3.61. The Balaban J connectivity index is 3.32. The average Bonchev–Trinajstić information content (AvgIpc) is 2.18. The average molecular weight is 246 g/mol. The lowest BCUT2D eigenvalue weighted by atomic mass is 10.2. The first-order valence-electron chi connectivity index (χ1n) is 4.19. The van der Waals surface area contributed by atoms with Crippen LogP contribution in [0, 0.1) is 6.92 Å². The van der Waals surface area contributed by atoms with Crippen LogP contribution in [0.3, 0.4) is 0 Å². The molecular formula is C9H8F2N2O2S. The van der Waals surface area contributed by atoms with Crippen molar-refractivity contribution in [2.45, 2.75) is 17.1 Å². The van der Waals surface area contributed by atoms with Crippen molar-refractivity contribution in [2.24, 2.45) is 0 Å². The minimum Gasteiger partial charge on any atom is -0.362 e. The highest BCUT2D eigenvalue weighted by atomic mass is 32.2. The summed E-state index contributed by atoms with van der Waals surface area (Å²) in [5, 5.41) is -4.23. The van der Waals surface area contributed by atoms with E-state index in [9.17, 15) is 17.2 Å². The summed E-state index contributed by atoms with van der Waals surface area (Å²) in [4.78, 5) is 1.54. The van der Waals surface area contributed by atoms with Crippen LogP contribution < -0.4 is 0 Å². The molecular weight excluding hydrogens is 238 g/mol. The summed E-state index contributed by atoms with van der Waals surface area (Å²) in [6.07, 6.45) is -0.317. The molecule has 0 aromatic heterocycles. The van der Waals surface area contributed by atoms with Gasteiger partial charge >= 0.3 is 11.5 Å². The van der Waals surface area contributed by atoms with Gasteiger partial charge in [0.1, 0.15) is 0 Å². The van der Waals surface area contributed by atoms with E-state index in [0.717, 1.165) is 17.7 Å². The van der Waals surface area contributed by atoms with Crippen LogP contribution in [-0.4, -0.2) is 24.7 Å². The molecule has 1 aromatic carbocycles. The highest BCUT2D eigenvalue weighted by Crippen LogP contribution is 2.27. The van der Waals surface area contributed by atoms with Gasteiger partial charge in [0, 0.05) is 0 Å². The highest BCUT2D eigenvalue weighted by Gasteiger charge is 2.49. The molecule has 1 aromatic rings. The first-order chi connectivity index (χ1) is 7.31. The zero-order valence-corrected chi connectivity index (χ0v) is 9.08. The predicted octanol–water partition coefficient (Wildman–Crippen LogP) is 1.66. The second-order valence-electron chi connectivity index (χ2n) is 3.12. The third kappa shape index (κ3) is 2.15. The normalized spacial score (nSPS) is 11.9. The van der Waals surface area contributed by atoms with E-state index in [-0.39, 0.29) is 6.21 Å². The topological polar surface area (TPSA) is 70.5 Å². The minimum atomic E-state index is -4.86. The van der Waals surface area contributed by atoms with Crippen molar-refractivity contribution in [1.82, 2.24) is 0 Å². The van der Waals surface area contributed by atoms with E-state index in [1.165, 1.54) is 12.1 Å². The van der Waals surface area contributed by atoms with Crippen molar-refractivity contribution in [1.29, 1.82) is 0 Å². The fourth-order valence-electron chi connectivity index (χ4n) is 1.01. The molecule has 0 unspecified atom stereocenters. The maximum atomic E-state index is 13.1. The van der Waals surface area contributed by atoms with Gasteiger partial charge in [0.25, 0.3) is 9.84 Å². The molecule has 0 spiro atoms. The summed E-state index contributed by atoms with van der Waals surface area (Å²) in [7, 11) is -4.86. The van der Waals surface area contributed by atoms with Gasteiger partial charge in [-0.1, -0.05) is 17.7 Å². The van der Waals surface area contributed by atoms with Gasteiger partial charge in [-0.25, -0.2) is 8.42 Å². The van der Waals surface area contributed by atoms with E-state index in [0.29, 0.717) is 0 Å². The summed E-state index contributed by atoms with van der Waals surface area (Å²) in [6, 6.07) is 4.95. The van der Waals surface area contributed by atoms with E-state index < -0.39 is 20.0 Å². The first-order valence-corrected chi connectivity index (χ1v) is 5.67. The molecule has 0 bridgehead atoms. The van der Waals surface area contributed by atoms with E-state index >= 15 is 0 Å². The summed E-state index contributed by atoms with van der Waals surface area (Å²) < 4.78 is 49.0. The molecule has 4 nitrogen and oxygen atoms in total. The summed E-state index contributed by atoms with van der Waals surface area (Å²) in [5.74, 6) is 0. The van der Waals surface area contributed by atoms with Crippen molar-refractivity contribution in [3.8, 4) is 0 Å². The monoisotopic (exact) mass is 246 g/mol. The van der Waals surface area contributed by atoms with E-state index in [2.05, 4.69) is 4.79 Å². The largest absolute Gasteiger partial charge is 0.440 e. The number of rotatable bonds is 3. The number of hydrogen-bond acceptors (Lipinski definition) is 2. The van der Waals surface area contributed by atoms with Gasteiger partial charge in [-0.2, -0.15) is 13.6 Å². The lowest BCUT2D eigenvalue weighted by molar-refractivity contribution is -0.0198. The molecule has 0 fully saturated rings. The van der Waals surface area contributed by atoms with Gasteiger partial charge in [-0.05, 0) is 19.1 Å². The highest BCUT2D eigenvalue weighted by molar-refractivity contribution is 7.93. The van der Waals surface area contributed by atoms with E-state index in [1.807, 2.05) is 0 Å². The number of halogens is 2. The number of aryl methyl sites for hydroxylation is 1. The summed E-state index contributed by atoms with van der Waals surface area (Å²) in [5.41, 5.74) is 8.73. The van der Waals surface area contributed by atoms with E-state index in [4.69, 9.17) is 5.53 Å². The summed E-state index contributed by atoms with van der Waals surface area (Å²) >= 11 is 0. The molecule has 0 atom stereocenters. The molecule has 0 N–H and O–H groups in total. The van der Waals surface area contributed by atoms with Crippen molar-refractivity contribution in [2.75, 3.05) is 0 Å². The van der Waals surface area contributed by atoms with Crippen LogP contribution in [0.1, 0.15) is 5.56 Å². The Morgan fingerprint density at radius 3 is 2.25 bits per heavy atom. The Hall–Kier alpha value is -1.59. The van der Waals surface area contributed by atoms with E-state index in [1.54, 1.807) is 6.92 Å². The van der Waals surface area contributed by atoms with Crippen LogP contribution in [0.5, 0.6) is 0 Å². The van der Waals surface area contributed by atoms with Crippen molar-refractivity contribution >= 4 is 16.1 Å². The maximum Gasteiger partial charge on any atom is 0.440 e. The van der Waals surface area contributed by atoms with Gasteiger partial charge < -0.3 is 5.53 Å². The predicted molar refractivity (Wildman–Crippen MR) is 53.0 cm³/mol. The van der Waals surface area contributed by atoms with Crippen LogP contribution in [0.15, 0.2) is 29.2 Å². The molecule has 16 heavy (non-hydrogen) atoms. The Bertz CT molecular complexity index is 531. The lowest BCUT2D eigenvalue weighted by Gasteiger charge is -2.08. The molecule has 7 heteroatoms. The number of hydrogen-bond donors (Lipinski definition) is 0. The molecule has 1 rings (SSSR count). The molecule has 0 radical (unpaired) electrons. The fourth-order valence-corrected chi connectivity index (χ4v) is 2.01. The van der Waals surface area contributed by atoms with Crippen LogP contribution in [0.25, 0.3) is 5.53 Å². The van der Waals surface area contributed by atoms with Crippen LogP contribution in [0.4, 0.5) is 8.78 Å². The van der Waals surface area contributed by atoms with Crippen molar-refractivity contribution in [3.63, 3.8) is 0 Å². The molecule has 0 aliphatic rings. The minimum absolute atomic E-state index is 0.317. The maximum absolute atomic E-state index is 13.1. The number of nitrogens with zero attached hydrogens (tertiary/aromatic N) is 2. The van der Waals surface area contributed by atoms with Gasteiger partial charge in [0.05, 0.1) is 4.90 Å². The van der Waals surface area contributed by atoms with Crippen LogP contribution in [0.2, 0.25) is 0 Å². The van der Waals surface area contributed by atoms with Gasteiger partial charge in [0.2, 0.25) is 0 Å². The van der Waals surface area contributed by atoms with Crippen molar-refractivity contribution < 1.29 is 22.0 Å². The zero-order chi connectivity index (χ0) is 12.4. The second-order valence-corrected chi connectivity index (χ2v) is 5.15. The molecule has 86 valence electrons. The Morgan fingerprint density at radius 2 is 1.81 bits per heavy atom. The number of benzene rings is 1. The Morgan fingerprint density at radius 1 is 1.31 bits per heavy atom. The summed E-state index contributed by atoms with van der Waals surface area (Å²) in [6.45, 7) is 1.70. The third-order valence-electron chi connectivity index (χ3n) is 1.90. The quantitative estimate of drug-likeness (QED) is 0.462. The second kappa shape index (κ2) is 4.11. The Kier molecular flexibility index (Phi) is 3.21. The van der Waals surface area contributed by atoms with Gasteiger partial charge in [0.15, 0.2) is 0 Å². The number of sulfone groups is 1. The SMILES string of the molecule is Cc1ccc(S(=O)(=O)C(F)(F)C=[N+]=[N-])cc1. The molecule has 0 saturated carbocycles. The molecule has 0 aliphatic carbocycles. The molecule has 0 heterocycles. The van der Waals surface area contributed by atoms with Gasteiger partial charge in [-0.3, -0.25) is 0 Å².